The molecule has 3 rings (SSSR count). The molecule has 0 aliphatic carbocycles. The Morgan fingerprint density at radius 2 is 1.94 bits per heavy atom. The molecule has 11 heteroatoms. The number of alkyl halides is 3. The maximum Gasteiger partial charge on any atom is 0.416 e. The van der Waals surface area contributed by atoms with Crippen molar-refractivity contribution < 1.29 is 31.9 Å². The second kappa shape index (κ2) is 8.93. The highest BCUT2D eigenvalue weighted by Gasteiger charge is 2.43. The fourth-order valence-electron chi connectivity index (χ4n) is 3.67. The molecule has 1 saturated heterocycles. The number of anilines is 2. The number of amides is 1. The first kappa shape index (κ1) is 23.8. The van der Waals surface area contributed by atoms with Gasteiger partial charge in [-0.15, -0.1) is 0 Å². The molecule has 2 atom stereocenters. The van der Waals surface area contributed by atoms with Crippen LogP contribution in [0, 0.1) is 18.7 Å². The molecule has 0 saturated carbocycles. The van der Waals surface area contributed by atoms with Crippen molar-refractivity contribution in [2.75, 3.05) is 30.5 Å². The fourth-order valence-corrected chi connectivity index (χ4v) is 3.84. The molecule has 1 aromatic heterocycles. The van der Waals surface area contributed by atoms with E-state index in [1.165, 1.54) is 43.0 Å². The lowest BCUT2D eigenvalue weighted by atomic mass is 10.0. The number of methoxy groups -OCH3 is 1. The number of pyridine rings is 1. The van der Waals surface area contributed by atoms with E-state index >= 15 is 0 Å². The van der Waals surface area contributed by atoms with Crippen LogP contribution in [0.25, 0.3) is 0 Å². The number of likely N-dealkylation sites (N-methyl/N-ethyl adjacent to an activating group) is 1. The van der Waals surface area contributed by atoms with E-state index in [0.717, 1.165) is 18.2 Å². The summed E-state index contributed by atoms with van der Waals surface area (Å²) in [5.74, 6) is -2.58. The van der Waals surface area contributed by atoms with Gasteiger partial charge in [-0.2, -0.15) is 13.2 Å². The summed E-state index contributed by atoms with van der Waals surface area (Å²) >= 11 is 5.81. The molecular weight excluding hydrogens is 454 g/mol. The number of aromatic nitrogens is 1. The maximum atomic E-state index is 13.5. The molecule has 2 heterocycles. The van der Waals surface area contributed by atoms with Crippen LogP contribution < -0.4 is 9.80 Å². The second-order valence-electron chi connectivity index (χ2n) is 7.47. The summed E-state index contributed by atoms with van der Waals surface area (Å²) in [5, 5.41) is -0.187. The van der Waals surface area contributed by atoms with Gasteiger partial charge in [-0.3, -0.25) is 9.59 Å². The number of carbonyl (C=O) groups is 2. The largest absolute Gasteiger partial charge is 0.469 e. The molecule has 0 N–H and O–H groups in total. The van der Waals surface area contributed by atoms with E-state index in [4.69, 9.17) is 16.3 Å². The first-order valence-corrected chi connectivity index (χ1v) is 9.93. The number of ether oxygens (including phenoxy) is 1. The number of hydrogen-bond donors (Lipinski definition) is 0. The van der Waals surface area contributed by atoms with Crippen molar-refractivity contribution in [3.63, 3.8) is 0 Å². The molecule has 32 heavy (non-hydrogen) atoms. The van der Waals surface area contributed by atoms with Crippen LogP contribution in [0.1, 0.15) is 17.7 Å². The van der Waals surface area contributed by atoms with Gasteiger partial charge in [-0.25, -0.2) is 9.37 Å². The van der Waals surface area contributed by atoms with Crippen molar-refractivity contribution in [3.05, 3.63) is 52.4 Å². The minimum absolute atomic E-state index is 0.0156. The van der Waals surface area contributed by atoms with Gasteiger partial charge in [0.05, 0.1) is 23.6 Å². The molecule has 1 amide bonds. The third-order valence-corrected chi connectivity index (χ3v) is 5.59. The van der Waals surface area contributed by atoms with Crippen LogP contribution in [0.2, 0.25) is 5.02 Å². The minimum atomic E-state index is -4.61. The van der Waals surface area contributed by atoms with Gasteiger partial charge in [0.15, 0.2) is 0 Å². The number of nitrogens with zero attached hydrogens (tertiary/aromatic N) is 3. The lowest BCUT2D eigenvalue weighted by Gasteiger charge is -2.29. The molecule has 1 aliphatic rings. The minimum Gasteiger partial charge on any atom is -0.469 e. The lowest BCUT2D eigenvalue weighted by molar-refractivity contribution is -0.144. The van der Waals surface area contributed by atoms with E-state index in [9.17, 15) is 27.2 Å². The van der Waals surface area contributed by atoms with Crippen LogP contribution in [0.3, 0.4) is 0 Å². The van der Waals surface area contributed by atoms with Crippen molar-refractivity contribution in [2.24, 2.45) is 5.92 Å². The molecule has 1 aromatic carbocycles. The van der Waals surface area contributed by atoms with Gasteiger partial charge in [-0.1, -0.05) is 11.6 Å². The number of aryl methyl sites for hydroxylation is 1. The van der Waals surface area contributed by atoms with E-state index in [-0.39, 0.29) is 35.2 Å². The zero-order valence-electron chi connectivity index (χ0n) is 17.4. The zero-order chi connectivity index (χ0) is 23.8. The Labute approximate surface area is 186 Å². The molecule has 0 bridgehead atoms. The first-order valence-electron chi connectivity index (χ1n) is 9.55. The number of esters is 1. The molecule has 0 spiro atoms. The highest BCUT2D eigenvalue weighted by Crippen LogP contribution is 2.36. The maximum absolute atomic E-state index is 13.5. The van der Waals surface area contributed by atoms with E-state index in [0.29, 0.717) is 0 Å². The summed E-state index contributed by atoms with van der Waals surface area (Å²) in [5.41, 5.74) is -0.511. The molecule has 1 fully saturated rings. The van der Waals surface area contributed by atoms with Gasteiger partial charge in [0, 0.05) is 25.0 Å². The summed E-state index contributed by atoms with van der Waals surface area (Å²) in [4.78, 5) is 32.2. The van der Waals surface area contributed by atoms with Crippen LogP contribution in [0.4, 0.5) is 29.1 Å². The molecular formula is C21H20ClF4N3O3. The van der Waals surface area contributed by atoms with Crippen molar-refractivity contribution >= 4 is 35.0 Å². The number of benzene rings is 1. The highest BCUT2D eigenvalue weighted by atomic mass is 35.5. The topological polar surface area (TPSA) is 62.7 Å². The van der Waals surface area contributed by atoms with Crippen LogP contribution in [-0.2, 0) is 20.5 Å². The van der Waals surface area contributed by atoms with Crippen molar-refractivity contribution in [1.29, 1.82) is 0 Å². The number of carbonyl (C=O) groups excluding carboxylic acids is 2. The van der Waals surface area contributed by atoms with Crippen LogP contribution in [0.5, 0.6) is 0 Å². The summed E-state index contributed by atoms with van der Waals surface area (Å²) < 4.78 is 58.3. The smallest absolute Gasteiger partial charge is 0.416 e. The van der Waals surface area contributed by atoms with Gasteiger partial charge in [-0.05, 0) is 43.7 Å². The predicted octanol–water partition coefficient (Wildman–Crippen LogP) is 4.23. The van der Waals surface area contributed by atoms with Gasteiger partial charge in [0.2, 0.25) is 5.91 Å². The Balaban J connectivity index is 2.00. The SMILES string of the molecule is COC(=O)[C@H]1C[C@@H](C(=O)N(C)c2ccc(F)c(Cl)c2)N(c2cc(C(F)(F)F)cc(C)n2)C1. The van der Waals surface area contributed by atoms with Gasteiger partial charge >= 0.3 is 12.1 Å². The number of halogens is 5. The first-order chi connectivity index (χ1) is 14.9. The third-order valence-electron chi connectivity index (χ3n) is 5.30. The highest BCUT2D eigenvalue weighted by molar-refractivity contribution is 6.31. The predicted molar refractivity (Wildman–Crippen MR) is 110 cm³/mol. The van der Waals surface area contributed by atoms with Gasteiger partial charge < -0.3 is 14.5 Å². The summed E-state index contributed by atoms with van der Waals surface area (Å²) in [6.45, 7) is 1.37. The van der Waals surface area contributed by atoms with Gasteiger partial charge in [0.1, 0.15) is 17.7 Å². The van der Waals surface area contributed by atoms with E-state index in [2.05, 4.69) is 4.98 Å². The number of rotatable bonds is 4. The van der Waals surface area contributed by atoms with Gasteiger partial charge in [0.25, 0.3) is 0 Å². The van der Waals surface area contributed by atoms with Crippen LogP contribution in [0.15, 0.2) is 30.3 Å². The third kappa shape index (κ3) is 4.79. The Bertz CT molecular complexity index is 1050. The summed E-state index contributed by atoms with van der Waals surface area (Å²) in [7, 11) is 2.63. The monoisotopic (exact) mass is 473 g/mol. The van der Waals surface area contributed by atoms with Crippen molar-refractivity contribution in [2.45, 2.75) is 25.6 Å². The van der Waals surface area contributed by atoms with Crippen molar-refractivity contribution in [1.82, 2.24) is 4.98 Å². The standard InChI is InChI=1S/C21H20ClF4N3O3/c1-11-6-13(21(24,25)26)8-18(27-11)29-10-12(20(31)32-3)7-17(29)19(30)28(2)14-4-5-16(23)15(22)9-14/h4-6,8-9,12,17H,7,10H2,1-3H3/t12-,17-/m0/s1. The van der Waals surface area contributed by atoms with Crippen molar-refractivity contribution in [3.8, 4) is 0 Å². The molecule has 1 aliphatic heterocycles. The average molecular weight is 474 g/mol. The Kier molecular flexibility index (Phi) is 6.64. The normalized spacial score (nSPS) is 18.6. The van der Waals surface area contributed by atoms with Crippen LogP contribution >= 0.6 is 11.6 Å². The quantitative estimate of drug-likeness (QED) is 0.491. The number of hydrogen-bond acceptors (Lipinski definition) is 5. The second-order valence-corrected chi connectivity index (χ2v) is 7.88. The molecule has 172 valence electrons. The zero-order valence-corrected chi connectivity index (χ0v) is 18.2. The molecule has 0 unspecified atom stereocenters. The molecule has 0 radical (unpaired) electrons. The Hall–Kier alpha value is -2.88. The fraction of sp³-hybridized carbons (Fsp3) is 0.381. The Morgan fingerprint density at radius 3 is 2.53 bits per heavy atom. The summed E-state index contributed by atoms with van der Waals surface area (Å²) in [6, 6.07) is 4.47. The summed E-state index contributed by atoms with van der Waals surface area (Å²) in [6.07, 6.45) is -4.59. The van der Waals surface area contributed by atoms with E-state index in [1.54, 1.807) is 0 Å². The van der Waals surface area contributed by atoms with E-state index in [1.807, 2.05) is 0 Å². The average Bonchev–Trinajstić information content (AvgIpc) is 3.18. The molecule has 2 aromatic rings. The lowest BCUT2D eigenvalue weighted by Crippen LogP contribution is -2.44. The Morgan fingerprint density at radius 1 is 1.25 bits per heavy atom. The van der Waals surface area contributed by atoms with E-state index < -0.39 is 41.4 Å². The van der Waals surface area contributed by atoms with Crippen LogP contribution in [-0.4, -0.2) is 43.6 Å². The molecule has 6 nitrogen and oxygen atoms in total.